The second kappa shape index (κ2) is 8.60. The molecule has 0 aliphatic heterocycles. The van der Waals surface area contributed by atoms with E-state index in [0.717, 1.165) is 23.2 Å². The molecular formula is C24H34OSi2. The van der Waals surface area contributed by atoms with Gasteiger partial charge >= 0.3 is 0 Å². The first-order chi connectivity index (χ1) is 12.6. The summed E-state index contributed by atoms with van der Waals surface area (Å²) < 4.78 is 0. The minimum Gasteiger partial charge on any atom is -0.424 e. The standard InChI is InChI=1S/C24H34OSi2/c1-21(14-13-19-26(4,5)6)20-24(2,3)27(25,22-15-9-7-10-16-22)23-17-11-8-12-18-23/h7-12,15-18,21,25H,14,20H2,1-6H3/t21-/m1/s1. The van der Waals surface area contributed by atoms with Crippen LogP contribution in [0.1, 0.15) is 33.6 Å². The lowest BCUT2D eigenvalue weighted by Crippen LogP contribution is -2.65. The van der Waals surface area contributed by atoms with Crippen LogP contribution in [0.2, 0.25) is 24.7 Å². The molecule has 0 fully saturated rings. The van der Waals surface area contributed by atoms with Crippen molar-refractivity contribution >= 4 is 26.8 Å². The van der Waals surface area contributed by atoms with E-state index in [0.29, 0.717) is 5.92 Å². The Morgan fingerprint density at radius 3 is 1.74 bits per heavy atom. The molecule has 0 heterocycles. The maximum Gasteiger partial charge on any atom is 0.258 e. The van der Waals surface area contributed by atoms with Gasteiger partial charge in [0.15, 0.2) is 0 Å². The highest BCUT2D eigenvalue weighted by Crippen LogP contribution is 2.41. The molecule has 0 bridgehead atoms. The molecule has 0 aliphatic rings. The van der Waals surface area contributed by atoms with Crippen LogP contribution in [0.15, 0.2) is 60.7 Å². The van der Waals surface area contributed by atoms with Crippen molar-refractivity contribution in [3.05, 3.63) is 60.7 Å². The largest absolute Gasteiger partial charge is 0.424 e. The van der Waals surface area contributed by atoms with Crippen LogP contribution in [-0.2, 0) is 0 Å². The van der Waals surface area contributed by atoms with Gasteiger partial charge in [-0.2, -0.15) is 0 Å². The van der Waals surface area contributed by atoms with Gasteiger partial charge in [0.05, 0.1) is 0 Å². The van der Waals surface area contributed by atoms with Gasteiger partial charge in [0.1, 0.15) is 8.07 Å². The molecule has 0 spiro atoms. The molecule has 1 nitrogen and oxygen atoms in total. The van der Waals surface area contributed by atoms with Gasteiger partial charge in [0.2, 0.25) is 0 Å². The Morgan fingerprint density at radius 1 is 0.889 bits per heavy atom. The number of hydrogen-bond donors (Lipinski definition) is 1. The van der Waals surface area contributed by atoms with E-state index in [1.807, 2.05) is 36.4 Å². The lowest BCUT2D eigenvalue weighted by atomic mass is 9.95. The molecule has 3 heteroatoms. The molecule has 0 saturated carbocycles. The summed E-state index contributed by atoms with van der Waals surface area (Å²) in [6.07, 6.45) is 1.86. The van der Waals surface area contributed by atoms with Crippen LogP contribution in [0, 0.1) is 17.4 Å². The van der Waals surface area contributed by atoms with Gasteiger partial charge in [0.25, 0.3) is 8.32 Å². The SMILES string of the molecule is C[C@H](CC#C[Si](C)(C)C)CC(C)(C)[Si](O)(c1ccccc1)c1ccccc1. The zero-order valence-electron chi connectivity index (χ0n) is 17.7. The molecule has 2 aromatic rings. The Labute approximate surface area is 168 Å². The summed E-state index contributed by atoms with van der Waals surface area (Å²) in [5.41, 5.74) is 3.48. The fourth-order valence-corrected chi connectivity index (χ4v) is 8.41. The topological polar surface area (TPSA) is 20.2 Å². The van der Waals surface area contributed by atoms with Gasteiger partial charge in [0, 0.05) is 6.42 Å². The molecule has 0 amide bonds. The van der Waals surface area contributed by atoms with Crippen molar-refractivity contribution in [2.45, 2.75) is 58.3 Å². The minimum absolute atomic E-state index is 0.198. The lowest BCUT2D eigenvalue weighted by molar-refractivity contribution is 0.404. The molecule has 1 atom stereocenters. The first-order valence-electron chi connectivity index (χ1n) is 9.90. The maximum atomic E-state index is 12.2. The molecule has 0 aromatic heterocycles. The molecule has 1 N–H and O–H groups in total. The molecule has 0 unspecified atom stereocenters. The molecule has 144 valence electrons. The van der Waals surface area contributed by atoms with Gasteiger partial charge < -0.3 is 4.80 Å². The van der Waals surface area contributed by atoms with Crippen molar-refractivity contribution in [3.8, 4) is 11.5 Å². The molecule has 0 saturated heterocycles. The highest BCUT2D eigenvalue weighted by molar-refractivity contribution is 6.98. The molecule has 2 aromatic carbocycles. The molecule has 0 aliphatic carbocycles. The fourth-order valence-electron chi connectivity index (χ4n) is 3.89. The zero-order valence-corrected chi connectivity index (χ0v) is 19.7. The van der Waals surface area contributed by atoms with Crippen molar-refractivity contribution in [3.63, 3.8) is 0 Å². The summed E-state index contributed by atoms with van der Waals surface area (Å²) in [5.74, 6) is 3.88. The van der Waals surface area contributed by atoms with E-state index in [-0.39, 0.29) is 5.04 Å². The maximum absolute atomic E-state index is 12.2. The van der Waals surface area contributed by atoms with Crippen LogP contribution >= 0.6 is 0 Å². The zero-order chi connectivity index (χ0) is 20.1. The number of rotatable bonds is 6. The van der Waals surface area contributed by atoms with Crippen LogP contribution in [0.3, 0.4) is 0 Å². The second-order valence-corrected chi connectivity index (χ2v) is 18.1. The van der Waals surface area contributed by atoms with Gasteiger partial charge in [-0.1, -0.05) is 101 Å². The van der Waals surface area contributed by atoms with Crippen molar-refractivity contribution in [1.29, 1.82) is 0 Å². The summed E-state index contributed by atoms with van der Waals surface area (Å²) >= 11 is 0. The first-order valence-corrected chi connectivity index (χ1v) is 15.3. The highest BCUT2D eigenvalue weighted by atomic mass is 28.4. The normalized spacial score (nSPS) is 13.6. The summed E-state index contributed by atoms with van der Waals surface area (Å²) in [5, 5.41) is 1.97. The predicted molar refractivity (Wildman–Crippen MR) is 124 cm³/mol. The number of hydrogen-bond acceptors (Lipinski definition) is 1. The van der Waals surface area contributed by atoms with Crippen molar-refractivity contribution in [2.24, 2.45) is 5.92 Å². The Balaban J connectivity index is 2.35. The third kappa shape index (κ3) is 5.45. The Hall–Kier alpha value is -1.61. The average molecular weight is 395 g/mol. The molecular weight excluding hydrogens is 360 g/mol. The van der Waals surface area contributed by atoms with E-state index >= 15 is 0 Å². The number of benzene rings is 2. The average Bonchev–Trinajstić information content (AvgIpc) is 2.60. The quantitative estimate of drug-likeness (QED) is 0.550. The summed E-state index contributed by atoms with van der Waals surface area (Å²) in [4.78, 5) is 12.2. The third-order valence-corrected chi connectivity index (χ3v) is 10.6. The highest BCUT2D eigenvalue weighted by Gasteiger charge is 2.50. The van der Waals surface area contributed by atoms with Crippen LogP contribution in [-0.4, -0.2) is 21.2 Å². The molecule has 27 heavy (non-hydrogen) atoms. The van der Waals surface area contributed by atoms with E-state index in [2.05, 4.69) is 76.1 Å². The van der Waals surface area contributed by atoms with Crippen LogP contribution in [0.5, 0.6) is 0 Å². The van der Waals surface area contributed by atoms with Crippen molar-refractivity contribution in [2.75, 3.05) is 0 Å². The molecule has 0 radical (unpaired) electrons. The van der Waals surface area contributed by atoms with E-state index in [1.165, 1.54) is 0 Å². The molecule has 2 rings (SSSR count). The first kappa shape index (κ1) is 21.7. The van der Waals surface area contributed by atoms with Gasteiger partial charge in [-0.15, -0.1) is 11.5 Å². The van der Waals surface area contributed by atoms with Gasteiger partial charge in [-0.05, 0) is 27.8 Å². The van der Waals surface area contributed by atoms with Crippen molar-refractivity contribution in [1.82, 2.24) is 0 Å². The van der Waals surface area contributed by atoms with Gasteiger partial charge in [-0.3, -0.25) is 0 Å². The minimum atomic E-state index is -2.91. The summed E-state index contributed by atoms with van der Waals surface area (Å²) in [7, 11) is -4.23. The van der Waals surface area contributed by atoms with Crippen LogP contribution in [0.4, 0.5) is 0 Å². The van der Waals surface area contributed by atoms with Crippen molar-refractivity contribution < 1.29 is 4.80 Å². The van der Waals surface area contributed by atoms with Crippen LogP contribution in [0.25, 0.3) is 0 Å². The van der Waals surface area contributed by atoms with Crippen LogP contribution < -0.4 is 10.4 Å². The third-order valence-electron chi connectivity index (χ3n) is 5.14. The second-order valence-electron chi connectivity index (χ2n) is 9.39. The Bertz CT molecular complexity index is 740. The van der Waals surface area contributed by atoms with E-state index < -0.39 is 16.4 Å². The summed E-state index contributed by atoms with van der Waals surface area (Å²) in [6, 6.07) is 20.6. The van der Waals surface area contributed by atoms with E-state index in [9.17, 15) is 4.80 Å². The summed E-state index contributed by atoms with van der Waals surface area (Å²) in [6.45, 7) is 13.6. The fraction of sp³-hybridized carbons (Fsp3) is 0.417. The smallest absolute Gasteiger partial charge is 0.258 e. The van der Waals surface area contributed by atoms with Gasteiger partial charge in [-0.25, -0.2) is 0 Å². The van der Waals surface area contributed by atoms with E-state index in [4.69, 9.17) is 0 Å². The van der Waals surface area contributed by atoms with E-state index in [1.54, 1.807) is 0 Å². The lowest BCUT2D eigenvalue weighted by Gasteiger charge is -2.42. The Morgan fingerprint density at radius 2 is 1.33 bits per heavy atom. The monoisotopic (exact) mass is 394 g/mol. The predicted octanol–water partition coefficient (Wildman–Crippen LogP) is 4.82. The Kier molecular flexibility index (Phi) is 6.91.